The van der Waals surface area contributed by atoms with Crippen LogP contribution < -0.4 is 5.73 Å². The van der Waals surface area contributed by atoms with E-state index in [1.165, 1.54) is 17.1 Å². The number of nitrogens with two attached hydrogens (primary N) is 1. The van der Waals surface area contributed by atoms with E-state index in [2.05, 4.69) is 4.37 Å². The van der Waals surface area contributed by atoms with E-state index >= 15 is 0 Å². The molecule has 0 bridgehead atoms. The van der Waals surface area contributed by atoms with Crippen molar-refractivity contribution in [1.29, 1.82) is 0 Å². The fourth-order valence-electron chi connectivity index (χ4n) is 1.24. The predicted molar refractivity (Wildman–Crippen MR) is 61.5 cm³/mol. The number of aromatic nitrogens is 1. The lowest BCUT2D eigenvalue weighted by Crippen LogP contribution is -1.93. The van der Waals surface area contributed by atoms with Gasteiger partial charge in [0.05, 0.1) is 18.9 Å². The molecule has 0 radical (unpaired) electrons. The van der Waals surface area contributed by atoms with Crippen molar-refractivity contribution in [2.45, 2.75) is 13.2 Å². The number of anilines is 1. The molecular weight excluding hydrogens is 208 g/mol. The van der Waals surface area contributed by atoms with Crippen LogP contribution >= 0.6 is 11.5 Å². The quantitative estimate of drug-likeness (QED) is 0.861. The fourth-order valence-corrected chi connectivity index (χ4v) is 1.76. The molecule has 3 nitrogen and oxygen atoms in total. The molecule has 2 N–H and O–H groups in total. The van der Waals surface area contributed by atoms with E-state index in [-0.39, 0.29) is 0 Å². The number of nitrogen functional groups attached to an aromatic ring is 1. The van der Waals surface area contributed by atoms with E-state index in [1.807, 2.05) is 36.4 Å². The zero-order valence-electron chi connectivity index (χ0n) is 8.22. The van der Waals surface area contributed by atoms with Crippen molar-refractivity contribution in [2.24, 2.45) is 0 Å². The second kappa shape index (κ2) is 4.91. The molecule has 0 aliphatic rings. The maximum absolute atomic E-state index is 5.56. The summed E-state index contributed by atoms with van der Waals surface area (Å²) in [5.41, 5.74) is 7.63. The van der Waals surface area contributed by atoms with Crippen LogP contribution in [0, 0.1) is 0 Å². The van der Waals surface area contributed by atoms with Crippen molar-refractivity contribution in [3.05, 3.63) is 47.7 Å². The van der Waals surface area contributed by atoms with Crippen LogP contribution in [0.15, 0.2) is 36.4 Å². The SMILES string of the molecule is Nc1cc(COCc2ccccc2)ns1. The van der Waals surface area contributed by atoms with Gasteiger partial charge in [-0.05, 0) is 23.2 Å². The Bertz CT molecular complexity index is 414. The van der Waals surface area contributed by atoms with E-state index < -0.39 is 0 Å². The smallest absolute Gasteiger partial charge is 0.107 e. The molecule has 1 heterocycles. The van der Waals surface area contributed by atoms with Gasteiger partial charge in [0, 0.05) is 0 Å². The van der Waals surface area contributed by atoms with Crippen LogP contribution in [0.3, 0.4) is 0 Å². The van der Waals surface area contributed by atoms with Crippen LogP contribution in [-0.4, -0.2) is 4.37 Å². The average Bonchev–Trinajstić information content (AvgIpc) is 2.66. The van der Waals surface area contributed by atoms with E-state index in [9.17, 15) is 0 Å². The first-order valence-electron chi connectivity index (χ1n) is 4.67. The van der Waals surface area contributed by atoms with Gasteiger partial charge in [-0.3, -0.25) is 0 Å². The molecule has 78 valence electrons. The maximum Gasteiger partial charge on any atom is 0.107 e. The molecule has 0 fully saturated rings. The summed E-state index contributed by atoms with van der Waals surface area (Å²) in [6, 6.07) is 11.9. The fraction of sp³-hybridized carbons (Fsp3) is 0.182. The molecule has 0 saturated heterocycles. The van der Waals surface area contributed by atoms with Gasteiger partial charge in [0.1, 0.15) is 5.00 Å². The Labute approximate surface area is 92.7 Å². The molecule has 2 rings (SSSR count). The van der Waals surface area contributed by atoms with Crippen molar-refractivity contribution >= 4 is 16.5 Å². The Balaban J connectivity index is 1.80. The minimum Gasteiger partial charge on any atom is -0.389 e. The van der Waals surface area contributed by atoms with Crippen LogP contribution in [0.4, 0.5) is 5.00 Å². The highest BCUT2D eigenvalue weighted by molar-refractivity contribution is 7.09. The summed E-state index contributed by atoms with van der Waals surface area (Å²) in [5.74, 6) is 0. The van der Waals surface area contributed by atoms with Crippen LogP contribution in [0.1, 0.15) is 11.3 Å². The lowest BCUT2D eigenvalue weighted by atomic mass is 10.2. The van der Waals surface area contributed by atoms with Gasteiger partial charge in [-0.25, -0.2) is 0 Å². The molecule has 0 saturated carbocycles. The van der Waals surface area contributed by atoms with Crippen LogP contribution in [0.2, 0.25) is 0 Å². The van der Waals surface area contributed by atoms with E-state index in [1.54, 1.807) is 0 Å². The lowest BCUT2D eigenvalue weighted by Gasteiger charge is -2.01. The van der Waals surface area contributed by atoms with Gasteiger partial charge >= 0.3 is 0 Å². The second-order valence-electron chi connectivity index (χ2n) is 3.20. The second-order valence-corrected chi connectivity index (χ2v) is 4.04. The highest BCUT2D eigenvalue weighted by Gasteiger charge is 1.99. The third-order valence-corrected chi connectivity index (χ3v) is 2.59. The van der Waals surface area contributed by atoms with Gasteiger partial charge in [0.15, 0.2) is 0 Å². The topological polar surface area (TPSA) is 48.1 Å². The largest absolute Gasteiger partial charge is 0.389 e. The molecule has 15 heavy (non-hydrogen) atoms. The standard InChI is InChI=1S/C11H12N2OS/c12-11-6-10(13-15-11)8-14-7-9-4-2-1-3-5-9/h1-6H,7-8,12H2. The van der Waals surface area contributed by atoms with E-state index in [0.717, 1.165) is 10.7 Å². The minimum absolute atomic E-state index is 0.516. The summed E-state index contributed by atoms with van der Waals surface area (Å²) in [6.45, 7) is 1.13. The Morgan fingerprint density at radius 3 is 2.67 bits per heavy atom. The number of hydrogen-bond donors (Lipinski definition) is 1. The molecule has 4 heteroatoms. The molecule has 0 unspecified atom stereocenters. The molecule has 1 aromatic carbocycles. The number of hydrogen-bond acceptors (Lipinski definition) is 4. The first kappa shape index (κ1) is 10.1. The van der Waals surface area contributed by atoms with Gasteiger partial charge in [-0.15, -0.1) is 0 Å². The Morgan fingerprint density at radius 2 is 2.00 bits per heavy atom. The monoisotopic (exact) mass is 220 g/mol. The highest BCUT2D eigenvalue weighted by atomic mass is 32.1. The summed E-state index contributed by atoms with van der Waals surface area (Å²) in [4.78, 5) is 0. The van der Waals surface area contributed by atoms with Crippen LogP contribution in [0.25, 0.3) is 0 Å². The lowest BCUT2D eigenvalue weighted by molar-refractivity contribution is 0.105. The summed E-state index contributed by atoms with van der Waals surface area (Å²) in [7, 11) is 0. The third kappa shape index (κ3) is 3.04. The molecule has 0 aliphatic heterocycles. The zero-order valence-corrected chi connectivity index (χ0v) is 9.04. The molecule has 1 aromatic heterocycles. The highest BCUT2D eigenvalue weighted by Crippen LogP contribution is 2.12. The zero-order chi connectivity index (χ0) is 10.5. The summed E-state index contributed by atoms with van der Waals surface area (Å²) < 4.78 is 9.65. The maximum atomic E-state index is 5.56. The molecule has 0 amide bonds. The third-order valence-electron chi connectivity index (χ3n) is 1.94. The number of rotatable bonds is 4. The molecule has 0 aliphatic carbocycles. The Morgan fingerprint density at radius 1 is 1.20 bits per heavy atom. The molecule has 0 spiro atoms. The number of benzene rings is 1. The van der Waals surface area contributed by atoms with Gasteiger partial charge in [0.2, 0.25) is 0 Å². The average molecular weight is 220 g/mol. The van der Waals surface area contributed by atoms with E-state index in [0.29, 0.717) is 13.2 Å². The molecule has 2 aromatic rings. The predicted octanol–water partition coefficient (Wildman–Crippen LogP) is 2.44. The summed E-state index contributed by atoms with van der Waals surface area (Å²) in [5, 5.41) is 0.730. The van der Waals surface area contributed by atoms with Crippen molar-refractivity contribution in [3.8, 4) is 0 Å². The summed E-state index contributed by atoms with van der Waals surface area (Å²) in [6.07, 6.45) is 0. The first-order chi connectivity index (χ1) is 7.34. The van der Waals surface area contributed by atoms with Gasteiger partial charge < -0.3 is 10.5 Å². The van der Waals surface area contributed by atoms with Gasteiger partial charge in [0.25, 0.3) is 0 Å². The molecule has 0 atom stereocenters. The van der Waals surface area contributed by atoms with Crippen molar-refractivity contribution < 1.29 is 4.74 Å². The van der Waals surface area contributed by atoms with Crippen LogP contribution in [-0.2, 0) is 18.0 Å². The number of nitrogens with zero attached hydrogens (tertiary/aromatic N) is 1. The first-order valence-corrected chi connectivity index (χ1v) is 5.44. The van der Waals surface area contributed by atoms with Crippen molar-refractivity contribution in [3.63, 3.8) is 0 Å². The van der Waals surface area contributed by atoms with E-state index in [4.69, 9.17) is 10.5 Å². The molecular formula is C11H12N2OS. The minimum atomic E-state index is 0.516. The van der Waals surface area contributed by atoms with Crippen molar-refractivity contribution in [2.75, 3.05) is 5.73 Å². The van der Waals surface area contributed by atoms with Crippen LogP contribution in [0.5, 0.6) is 0 Å². The summed E-state index contributed by atoms with van der Waals surface area (Å²) >= 11 is 1.30. The number of ether oxygens (including phenoxy) is 1. The van der Waals surface area contributed by atoms with Crippen molar-refractivity contribution in [1.82, 2.24) is 4.37 Å². The van der Waals surface area contributed by atoms with Gasteiger partial charge in [-0.2, -0.15) is 4.37 Å². The Kier molecular flexibility index (Phi) is 3.32. The van der Waals surface area contributed by atoms with Gasteiger partial charge in [-0.1, -0.05) is 30.3 Å². The normalized spacial score (nSPS) is 10.4. The Hall–Kier alpha value is -1.39.